The Bertz CT molecular complexity index is 557. The van der Waals surface area contributed by atoms with Crippen LogP contribution in [0.25, 0.3) is 0 Å². The summed E-state index contributed by atoms with van der Waals surface area (Å²) in [5.74, 6) is 0.526. The minimum atomic E-state index is -3.28. The number of hydrogen-bond donors (Lipinski definition) is 1. The zero-order valence-electron chi connectivity index (χ0n) is 11.1. The standard InChI is InChI=1S/C14H20ClNO2S/c1-2-10-4-3-5-11(8-10)19(17,18)12-6-7-14(16)13(15)9-12/h6-7,9-11H,2-5,8,16H2,1H3. The van der Waals surface area contributed by atoms with Crippen molar-refractivity contribution >= 4 is 27.1 Å². The quantitative estimate of drug-likeness (QED) is 0.867. The third-order valence-corrected chi connectivity index (χ3v) is 6.60. The normalized spacial score (nSPS) is 24.3. The van der Waals surface area contributed by atoms with Gasteiger partial charge in [0.1, 0.15) is 0 Å². The lowest BCUT2D eigenvalue weighted by molar-refractivity contribution is 0.348. The van der Waals surface area contributed by atoms with E-state index >= 15 is 0 Å². The summed E-state index contributed by atoms with van der Waals surface area (Å²) in [6.07, 6.45) is 4.70. The van der Waals surface area contributed by atoms with Crippen LogP contribution in [0.2, 0.25) is 5.02 Å². The molecule has 2 atom stereocenters. The van der Waals surface area contributed by atoms with Crippen LogP contribution < -0.4 is 5.73 Å². The molecule has 0 aliphatic heterocycles. The average Bonchev–Trinajstić information content (AvgIpc) is 2.41. The number of halogens is 1. The average molecular weight is 302 g/mol. The molecule has 2 rings (SSSR count). The van der Waals surface area contributed by atoms with Gasteiger partial charge in [0.15, 0.2) is 9.84 Å². The fourth-order valence-corrected chi connectivity index (χ4v) is 4.94. The molecule has 0 aromatic heterocycles. The summed E-state index contributed by atoms with van der Waals surface area (Å²) in [6.45, 7) is 2.12. The van der Waals surface area contributed by atoms with Crippen molar-refractivity contribution < 1.29 is 8.42 Å². The van der Waals surface area contributed by atoms with E-state index < -0.39 is 9.84 Å². The highest BCUT2D eigenvalue weighted by Gasteiger charge is 2.32. The Morgan fingerprint density at radius 3 is 2.74 bits per heavy atom. The maximum absolute atomic E-state index is 12.6. The SMILES string of the molecule is CCC1CCCC(S(=O)(=O)c2ccc(N)c(Cl)c2)C1. The maximum atomic E-state index is 12.6. The van der Waals surface area contributed by atoms with Crippen molar-refractivity contribution in [1.82, 2.24) is 0 Å². The van der Waals surface area contributed by atoms with Crippen LogP contribution in [-0.4, -0.2) is 13.7 Å². The van der Waals surface area contributed by atoms with Crippen molar-refractivity contribution in [2.75, 3.05) is 5.73 Å². The highest BCUT2D eigenvalue weighted by molar-refractivity contribution is 7.92. The van der Waals surface area contributed by atoms with Crippen molar-refractivity contribution in [3.63, 3.8) is 0 Å². The van der Waals surface area contributed by atoms with Gasteiger partial charge in [-0.15, -0.1) is 0 Å². The first kappa shape index (κ1) is 14.7. The van der Waals surface area contributed by atoms with Crippen LogP contribution in [0.1, 0.15) is 39.0 Å². The molecule has 1 aliphatic carbocycles. The summed E-state index contributed by atoms with van der Waals surface area (Å²) in [4.78, 5) is 0.299. The largest absolute Gasteiger partial charge is 0.398 e. The molecule has 2 unspecified atom stereocenters. The number of benzene rings is 1. The summed E-state index contributed by atoms with van der Waals surface area (Å²) < 4.78 is 25.2. The molecule has 0 heterocycles. The predicted molar refractivity (Wildman–Crippen MR) is 79.1 cm³/mol. The summed E-state index contributed by atoms with van der Waals surface area (Å²) in [7, 11) is -3.28. The summed E-state index contributed by atoms with van der Waals surface area (Å²) in [5.41, 5.74) is 6.04. The molecule has 0 bridgehead atoms. The van der Waals surface area contributed by atoms with Crippen LogP contribution in [0.15, 0.2) is 23.1 Å². The van der Waals surface area contributed by atoms with Gasteiger partial charge in [0.05, 0.1) is 20.9 Å². The Hall–Kier alpha value is -0.740. The Morgan fingerprint density at radius 1 is 1.37 bits per heavy atom. The van der Waals surface area contributed by atoms with Crippen molar-refractivity contribution in [3.8, 4) is 0 Å². The Balaban J connectivity index is 2.28. The smallest absolute Gasteiger partial charge is 0.181 e. The molecule has 0 amide bonds. The molecular weight excluding hydrogens is 282 g/mol. The van der Waals surface area contributed by atoms with E-state index in [1.807, 2.05) is 0 Å². The van der Waals surface area contributed by atoms with Crippen LogP contribution in [0.4, 0.5) is 5.69 Å². The van der Waals surface area contributed by atoms with Crippen LogP contribution in [0.5, 0.6) is 0 Å². The van der Waals surface area contributed by atoms with Crippen molar-refractivity contribution in [2.24, 2.45) is 5.92 Å². The zero-order chi connectivity index (χ0) is 14.0. The Labute approximate surface area is 120 Å². The van der Waals surface area contributed by atoms with E-state index in [-0.39, 0.29) is 5.25 Å². The molecule has 0 radical (unpaired) electrons. The molecule has 1 fully saturated rings. The number of rotatable bonds is 3. The third-order valence-electron chi connectivity index (χ3n) is 4.05. The van der Waals surface area contributed by atoms with Gasteiger partial charge in [-0.3, -0.25) is 0 Å². The van der Waals surface area contributed by atoms with Crippen molar-refractivity contribution in [3.05, 3.63) is 23.2 Å². The zero-order valence-corrected chi connectivity index (χ0v) is 12.7. The third kappa shape index (κ3) is 3.06. The van der Waals surface area contributed by atoms with E-state index in [1.54, 1.807) is 12.1 Å². The van der Waals surface area contributed by atoms with E-state index in [4.69, 9.17) is 17.3 Å². The molecule has 1 saturated carbocycles. The second kappa shape index (κ2) is 5.71. The Morgan fingerprint density at radius 2 is 2.11 bits per heavy atom. The molecule has 2 N–H and O–H groups in total. The molecular formula is C14H20ClNO2S. The highest BCUT2D eigenvalue weighted by atomic mass is 35.5. The maximum Gasteiger partial charge on any atom is 0.181 e. The van der Waals surface area contributed by atoms with Crippen molar-refractivity contribution in [2.45, 2.75) is 49.2 Å². The van der Waals surface area contributed by atoms with Crippen LogP contribution >= 0.6 is 11.6 Å². The first-order valence-electron chi connectivity index (χ1n) is 6.74. The van der Waals surface area contributed by atoms with E-state index in [2.05, 4.69) is 6.92 Å². The fraction of sp³-hybridized carbons (Fsp3) is 0.571. The molecule has 19 heavy (non-hydrogen) atoms. The highest BCUT2D eigenvalue weighted by Crippen LogP contribution is 2.34. The molecule has 0 saturated heterocycles. The summed E-state index contributed by atoms with van der Waals surface area (Å²) in [6, 6.07) is 4.60. The first-order valence-corrected chi connectivity index (χ1v) is 8.66. The summed E-state index contributed by atoms with van der Waals surface area (Å²) >= 11 is 5.93. The monoisotopic (exact) mass is 301 g/mol. The van der Waals surface area contributed by atoms with E-state index in [0.29, 0.717) is 21.5 Å². The van der Waals surface area contributed by atoms with Crippen LogP contribution in [-0.2, 0) is 9.84 Å². The molecule has 1 aliphatic rings. The van der Waals surface area contributed by atoms with E-state index in [9.17, 15) is 8.42 Å². The lowest BCUT2D eigenvalue weighted by Crippen LogP contribution is -2.28. The van der Waals surface area contributed by atoms with Gasteiger partial charge < -0.3 is 5.73 Å². The van der Waals surface area contributed by atoms with Gasteiger partial charge in [0.2, 0.25) is 0 Å². The van der Waals surface area contributed by atoms with E-state index in [0.717, 1.165) is 32.1 Å². The van der Waals surface area contributed by atoms with Crippen molar-refractivity contribution in [1.29, 1.82) is 0 Å². The molecule has 5 heteroatoms. The second-order valence-corrected chi connectivity index (χ2v) is 7.93. The molecule has 1 aromatic rings. The number of hydrogen-bond acceptors (Lipinski definition) is 3. The van der Waals surface area contributed by atoms with Gasteiger partial charge in [-0.05, 0) is 37.0 Å². The van der Waals surface area contributed by atoms with Crippen LogP contribution in [0, 0.1) is 5.92 Å². The number of anilines is 1. The molecule has 0 spiro atoms. The second-order valence-electron chi connectivity index (χ2n) is 5.29. The first-order chi connectivity index (χ1) is 8.95. The predicted octanol–water partition coefficient (Wildman–Crippen LogP) is 3.66. The number of nitrogens with two attached hydrogens (primary N) is 1. The fourth-order valence-electron chi connectivity index (χ4n) is 2.77. The van der Waals surface area contributed by atoms with Gasteiger partial charge in [-0.2, -0.15) is 0 Å². The lowest BCUT2D eigenvalue weighted by atomic mass is 9.87. The number of nitrogen functional groups attached to an aromatic ring is 1. The van der Waals surface area contributed by atoms with Crippen LogP contribution in [0.3, 0.4) is 0 Å². The van der Waals surface area contributed by atoms with Gasteiger partial charge in [0.25, 0.3) is 0 Å². The molecule has 1 aromatic carbocycles. The molecule has 106 valence electrons. The number of sulfone groups is 1. The Kier molecular flexibility index (Phi) is 4.41. The van der Waals surface area contributed by atoms with Gasteiger partial charge in [-0.25, -0.2) is 8.42 Å². The van der Waals surface area contributed by atoms with Gasteiger partial charge in [-0.1, -0.05) is 37.8 Å². The molecule has 3 nitrogen and oxygen atoms in total. The van der Waals surface area contributed by atoms with Gasteiger partial charge >= 0.3 is 0 Å². The lowest BCUT2D eigenvalue weighted by Gasteiger charge is -2.28. The minimum Gasteiger partial charge on any atom is -0.398 e. The topological polar surface area (TPSA) is 60.2 Å². The summed E-state index contributed by atoms with van der Waals surface area (Å²) in [5, 5.41) is 0.0369. The van der Waals surface area contributed by atoms with Gasteiger partial charge in [0, 0.05) is 0 Å². The van der Waals surface area contributed by atoms with E-state index in [1.165, 1.54) is 6.07 Å². The minimum absolute atomic E-state index is 0.272.